The van der Waals surface area contributed by atoms with Gasteiger partial charge in [-0.05, 0) is 0 Å². The summed E-state index contributed by atoms with van der Waals surface area (Å²) in [6.45, 7) is -0.894. The minimum absolute atomic E-state index is 0.438. The van der Waals surface area contributed by atoms with Gasteiger partial charge in [-0.2, -0.15) is 0 Å². The van der Waals surface area contributed by atoms with Crippen LogP contribution >= 0.6 is 0 Å². The molecule has 1 heterocycles. The molecular formula is C14H27NO10. The topological polar surface area (TPSA) is 167 Å². The molecule has 1 aliphatic heterocycles. The number of carbonyl (C=O) groups is 1. The predicted octanol–water partition coefficient (Wildman–Crippen LogP) is -3.71. The maximum Gasteiger partial charge on any atom is 0.217 e. The Balaban J connectivity index is 2.94. The highest BCUT2D eigenvalue weighted by Gasteiger charge is 2.47. The molecule has 0 spiro atoms. The average molecular weight is 369 g/mol. The van der Waals surface area contributed by atoms with E-state index < -0.39 is 75.4 Å². The van der Waals surface area contributed by atoms with Crippen molar-refractivity contribution < 1.29 is 49.3 Å². The Hall–Kier alpha value is -0.890. The third-order valence-corrected chi connectivity index (χ3v) is 3.70. The van der Waals surface area contributed by atoms with Crippen molar-refractivity contribution in [3.8, 4) is 0 Å². The molecule has 0 aromatic heterocycles. The van der Waals surface area contributed by atoms with Crippen LogP contribution in [-0.2, 0) is 23.7 Å². The van der Waals surface area contributed by atoms with Crippen molar-refractivity contribution in [1.29, 1.82) is 0 Å². The first kappa shape index (κ1) is 22.2. The summed E-state index contributed by atoms with van der Waals surface area (Å²) >= 11 is 0. The van der Waals surface area contributed by atoms with Gasteiger partial charge in [0.15, 0.2) is 12.6 Å². The van der Waals surface area contributed by atoms with Crippen LogP contribution in [0.4, 0.5) is 0 Å². The van der Waals surface area contributed by atoms with Crippen LogP contribution in [0.15, 0.2) is 0 Å². The van der Waals surface area contributed by atoms with Crippen LogP contribution in [0.3, 0.4) is 0 Å². The van der Waals surface area contributed by atoms with E-state index in [2.05, 4.69) is 5.32 Å². The van der Waals surface area contributed by atoms with Crippen molar-refractivity contribution >= 4 is 5.91 Å². The number of amides is 1. The average Bonchev–Trinajstić information content (AvgIpc) is 2.60. The molecule has 6 N–H and O–H groups in total. The molecule has 0 saturated carbocycles. The summed E-state index contributed by atoms with van der Waals surface area (Å²) in [5, 5.41) is 49.5. The zero-order chi connectivity index (χ0) is 19.0. The van der Waals surface area contributed by atoms with Crippen LogP contribution in [-0.4, -0.2) is 108 Å². The minimum atomic E-state index is -1.44. The number of aliphatic hydroxyl groups excluding tert-OH is 5. The second kappa shape index (κ2) is 11.0. The lowest BCUT2D eigenvalue weighted by molar-refractivity contribution is -0.308. The van der Waals surface area contributed by atoms with E-state index >= 15 is 0 Å². The van der Waals surface area contributed by atoms with Crippen molar-refractivity contribution in [3.05, 3.63) is 0 Å². The highest BCUT2D eigenvalue weighted by Crippen LogP contribution is 2.26. The molecule has 0 radical (unpaired) electrons. The molecule has 0 unspecified atom stereocenters. The molecule has 1 fully saturated rings. The smallest absolute Gasteiger partial charge is 0.217 e. The highest BCUT2D eigenvalue weighted by atomic mass is 16.7. The Bertz CT molecular complexity index is 394. The molecule has 0 aliphatic carbocycles. The number of methoxy groups -OCH3 is 1. The van der Waals surface area contributed by atoms with Crippen molar-refractivity contribution in [1.82, 2.24) is 5.32 Å². The fourth-order valence-corrected chi connectivity index (χ4v) is 2.55. The lowest BCUT2D eigenvalue weighted by atomic mass is 9.96. The third-order valence-electron chi connectivity index (χ3n) is 3.70. The van der Waals surface area contributed by atoms with Gasteiger partial charge in [-0.15, -0.1) is 0 Å². The summed E-state index contributed by atoms with van der Waals surface area (Å²) < 4.78 is 21.3. The van der Waals surface area contributed by atoms with Crippen LogP contribution in [0.5, 0.6) is 0 Å². The molecule has 0 aromatic rings. The van der Waals surface area contributed by atoms with Gasteiger partial charge < -0.3 is 49.8 Å². The van der Waals surface area contributed by atoms with Gasteiger partial charge in [-0.25, -0.2) is 0 Å². The fraction of sp³-hybridized carbons (Fsp3) is 0.929. The Kier molecular flexibility index (Phi) is 9.71. The second-order valence-electron chi connectivity index (χ2n) is 5.51. The number of nitrogens with one attached hydrogen (secondary N) is 1. The summed E-state index contributed by atoms with van der Waals surface area (Å²) in [6.07, 6.45) is -6.66. The zero-order valence-electron chi connectivity index (χ0n) is 14.1. The first-order chi connectivity index (χ1) is 11.9. The second-order valence-corrected chi connectivity index (χ2v) is 5.51. The van der Waals surface area contributed by atoms with Crippen molar-refractivity contribution in [2.75, 3.05) is 33.5 Å². The van der Waals surface area contributed by atoms with E-state index in [-0.39, 0.29) is 0 Å². The van der Waals surface area contributed by atoms with Gasteiger partial charge in [-0.3, -0.25) is 4.79 Å². The van der Waals surface area contributed by atoms with Gasteiger partial charge in [-0.1, -0.05) is 0 Å². The summed E-state index contributed by atoms with van der Waals surface area (Å²) in [4.78, 5) is 11.3. The number of aliphatic hydroxyl groups is 5. The molecule has 1 saturated heterocycles. The highest BCUT2D eigenvalue weighted by molar-refractivity contribution is 5.73. The molecular weight excluding hydrogens is 342 g/mol. The Morgan fingerprint density at radius 1 is 1.16 bits per heavy atom. The van der Waals surface area contributed by atoms with Gasteiger partial charge in [0.25, 0.3) is 0 Å². The van der Waals surface area contributed by atoms with Crippen LogP contribution in [0.1, 0.15) is 6.92 Å². The Labute approximate surface area is 145 Å². The van der Waals surface area contributed by atoms with Crippen LogP contribution in [0, 0.1) is 0 Å². The van der Waals surface area contributed by atoms with E-state index in [1.807, 2.05) is 0 Å². The molecule has 1 rings (SSSR count). The summed E-state index contributed by atoms with van der Waals surface area (Å²) in [7, 11) is 1.32. The predicted molar refractivity (Wildman–Crippen MR) is 81.2 cm³/mol. The van der Waals surface area contributed by atoms with Crippen molar-refractivity contribution in [3.63, 3.8) is 0 Å². The molecule has 0 bridgehead atoms. The van der Waals surface area contributed by atoms with Crippen LogP contribution in [0.25, 0.3) is 0 Å². The number of ether oxygens (including phenoxy) is 4. The van der Waals surface area contributed by atoms with Gasteiger partial charge in [0.2, 0.25) is 5.91 Å². The first-order valence-electron chi connectivity index (χ1n) is 7.79. The molecule has 148 valence electrons. The van der Waals surface area contributed by atoms with Gasteiger partial charge >= 0.3 is 0 Å². The Morgan fingerprint density at radius 3 is 2.24 bits per heavy atom. The minimum Gasteiger partial charge on any atom is -0.394 e. The number of carbonyl (C=O) groups excluding carboxylic acids is 1. The van der Waals surface area contributed by atoms with Crippen molar-refractivity contribution in [2.24, 2.45) is 0 Å². The summed E-state index contributed by atoms with van der Waals surface area (Å²) in [5.41, 5.74) is 0. The Morgan fingerprint density at radius 2 is 1.80 bits per heavy atom. The molecule has 6 atom stereocenters. The number of rotatable bonds is 10. The molecule has 11 heteroatoms. The lowest BCUT2D eigenvalue weighted by Crippen LogP contribution is -2.65. The van der Waals surface area contributed by atoms with Crippen LogP contribution in [0.2, 0.25) is 0 Å². The maximum absolute atomic E-state index is 11.3. The molecule has 0 aromatic carbocycles. The van der Waals surface area contributed by atoms with Gasteiger partial charge in [0, 0.05) is 14.0 Å². The monoisotopic (exact) mass is 369 g/mol. The van der Waals surface area contributed by atoms with E-state index in [9.17, 15) is 20.1 Å². The number of hydrogen-bond acceptors (Lipinski definition) is 10. The summed E-state index contributed by atoms with van der Waals surface area (Å²) in [6, 6.07) is -0.985. The number of hydrogen-bond donors (Lipinski definition) is 6. The normalized spacial score (nSPS) is 31.1. The van der Waals surface area contributed by atoms with E-state index in [0.29, 0.717) is 0 Å². The van der Waals surface area contributed by atoms with E-state index in [4.69, 9.17) is 29.2 Å². The van der Waals surface area contributed by atoms with Crippen molar-refractivity contribution in [2.45, 2.75) is 50.0 Å². The summed E-state index contributed by atoms with van der Waals surface area (Å²) in [5.74, 6) is -0.438. The van der Waals surface area contributed by atoms with Crippen LogP contribution < -0.4 is 5.32 Å². The van der Waals surface area contributed by atoms with E-state index in [1.165, 1.54) is 14.0 Å². The first-order valence-corrected chi connectivity index (χ1v) is 7.79. The maximum atomic E-state index is 11.3. The molecule has 1 aliphatic rings. The largest absolute Gasteiger partial charge is 0.394 e. The molecule has 1 amide bonds. The molecule has 25 heavy (non-hydrogen) atoms. The van der Waals surface area contributed by atoms with E-state index in [1.54, 1.807) is 0 Å². The SMILES string of the molecule is CO[C@@H]1[C@@H](NC(C)=O)[C@H](O)O[C@H](CO)[C@H]1O[C@H](CO)OC(CO)CO. The third kappa shape index (κ3) is 6.09. The quantitative estimate of drug-likeness (QED) is 0.211. The van der Waals surface area contributed by atoms with E-state index in [0.717, 1.165) is 0 Å². The fourth-order valence-electron chi connectivity index (χ4n) is 2.55. The molecule has 11 nitrogen and oxygen atoms in total. The van der Waals surface area contributed by atoms with Gasteiger partial charge in [0.1, 0.15) is 30.5 Å². The zero-order valence-corrected chi connectivity index (χ0v) is 14.1. The van der Waals surface area contributed by atoms with Gasteiger partial charge in [0.05, 0.1) is 26.4 Å². The standard InChI is InChI=1S/C14H27NO10/c1-7(20)15-11-13(22-2)12(9(5-18)24-14(11)21)25-10(6-19)23-8(3-16)4-17/h8-14,16-19,21H,3-6H2,1-2H3,(H,15,20)/t9-,10-,11-,12-,13-,14-/m1/s1. The lowest BCUT2D eigenvalue weighted by Gasteiger charge is -2.44.